The summed E-state index contributed by atoms with van der Waals surface area (Å²) in [4.78, 5) is 2.31. The van der Waals surface area contributed by atoms with Crippen LogP contribution in [0.4, 0.5) is 0 Å². The van der Waals surface area contributed by atoms with Crippen LogP contribution in [0.2, 0.25) is 0 Å². The van der Waals surface area contributed by atoms with E-state index in [0.717, 1.165) is 19.5 Å². The minimum atomic E-state index is -0.115. The summed E-state index contributed by atoms with van der Waals surface area (Å²) in [7, 11) is 2.14. The van der Waals surface area contributed by atoms with Crippen LogP contribution < -0.4 is 5.73 Å². The van der Waals surface area contributed by atoms with Crippen molar-refractivity contribution in [2.24, 2.45) is 5.73 Å². The molecule has 0 fully saturated rings. The van der Waals surface area contributed by atoms with E-state index in [1.54, 1.807) is 0 Å². The molecular weight excluding hydrogens is 208 g/mol. The first-order valence-electron chi connectivity index (χ1n) is 6.31. The summed E-state index contributed by atoms with van der Waals surface area (Å²) in [6.45, 7) is 10.5. The number of nitrogens with zero attached hydrogens (tertiary/aromatic N) is 1. The zero-order valence-corrected chi connectivity index (χ0v) is 11.9. The first kappa shape index (κ1) is 14.2. The van der Waals surface area contributed by atoms with Gasteiger partial charge in [-0.15, -0.1) is 0 Å². The zero-order valence-electron chi connectivity index (χ0n) is 11.9. The fourth-order valence-electron chi connectivity index (χ4n) is 2.16. The van der Waals surface area contributed by atoms with Gasteiger partial charge in [-0.25, -0.2) is 0 Å². The van der Waals surface area contributed by atoms with Gasteiger partial charge >= 0.3 is 0 Å². The molecule has 0 spiro atoms. The lowest BCUT2D eigenvalue weighted by Crippen LogP contribution is -2.44. The Morgan fingerprint density at radius 2 is 1.88 bits per heavy atom. The van der Waals surface area contributed by atoms with Crippen molar-refractivity contribution in [3.63, 3.8) is 0 Å². The maximum atomic E-state index is 6.02. The lowest BCUT2D eigenvalue weighted by molar-refractivity contribution is 0.273. The average Bonchev–Trinajstić information content (AvgIpc) is 2.17. The number of aryl methyl sites for hydroxylation is 2. The van der Waals surface area contributed by atoms with Crippen LogP contribution in [0.25, 0.3) is 0 Å². The van der Waals surface area contributed by atoms with Crippen molar-refractivity contribution in [3.8, 4) is 0 Å². The van der Waals surface area contributed by atoms with E-state index in [9.17, 15) is 0 Å². The molecule has 0 aliphatic carbocycles. The van der Waals surface area contributed by atoms with Crippen molar-refractivity contribution in [2.45, 2.75) is 39.7 Å². The van der Waals surface area contributed by atoms with E-state index in [1.165, 1.54) is 16.7 Å². The first-order chi connectivity index (χ1) is 7.78. The lowest BCUT2D eigenvalue weighted by Gasteiger charge is -2.26. The van der Waals surface area contributed by atoms with Gasteiger partial charge in [0.2, 0.25) is 0 Å². The van der Waals surface area contributed by atoms with E-state index in [-0.39, 0.29) is 5.54 Å². The van der Waals surface area contributed by atoms with E-state index in [1.807, 2.05) is 0 Å². The molecule has 0 amide bonds. The third kappa shape index (κ3) is 5.33. The van der Waals surface area contributed by atoms with Crippen molar-refractivity contribution in [3.05, 3.63) is 34.9 Å². The molecule has 0 bridgehead atoms. The Hall–Kier alpha value is -0.860. The van der Waals surface area contributed by atoms with Crippen LogP contribution in [0, 0.1) is 13.8 Å². The molecule has 2 nitrogen and oxygen atoms in total. The Morgan fingerprint density at radius 3 is 2.47 bits per heavy atom. The molecule has 1 rings (SSSR count). The Morgan fingerprint density at radius 1 is 1.24 bits per heavy atom. The van der Waals surface area contributed by atoms with Gasteiger partial charge in [-0.3, -0.25) is 0 Å². The number of benzene rings is 1. The van der Waals surface area contributed by atoms with Crippen LogP contribution in [-0.4, -0.2) is 30.6 Å². The second kappa shape index (κ2) is 5.65. The zero-order chi connectivity index (χ0) is 13.1. The smallest absolute Gasteiger partial charge is 0.0225 e. The Kier molecular flexibility index (Phi) is 4.72. The molecule has 1 aromatic carbocycles. The van der Waals surface area contributed by atoms with Crippen molar-refractivity contribution >= 4 is 0 Å². The minimum Gasteiger partial charge on any atom is -0.324 e. The van der Waals surface area contributed by atoms with Gasteiger partial charge in [-0.2, -0.15) is 0 Å². The molecule has 0 aliphatic rings. The van der Waals surface area contributed by atoms with E-state index >= 15 is 0 Å². The summed E-state index contributed by atoms with van der Waals surface area (Å²) in [5, 5.41) is 0. The van der Waals surface area contributed by atoms with Crippen LogP contribution in [0.3, 0.4) is 0 Å². The maximum absolute atomic E-state index is 6.02. The summed E-state index contributed by atoms with van der Waals surface area (Å²) >= 11 is 0. The van der Waals surface area contributed by atoms with Gasteiger partial charge < -0.3 is 10.6 Å². The Balaban J connectivity index is 2.53. The number of rotatable bonds is 5. The third-order valence-electron chi connectivity index (χ3n) is 2.94. The average molecular weight is 234 g/mol. The summed E-state index contributed by atoms with van der Waals surface area (Å²) in [5.41, 5.74) is 10.1. The molecule has 0 aliphatic heterocycles. The predicted octanol–water partition coefficient (Wildman–Crippen LogP) is 2.52. The molecule has 96 valence electrons. The summed E-state index contributed by atoms with van der Waals surface area (Å²) in [6, 6.07) is 6.67. The molecule has 0 unspecified atom stereocenters. The Bertz CT molecular complexity index is 364. The lowest BCUT2D eigenvalue weighted by atomic mass is 10.0. The maximum Gasteiger partial charge on any atom is 0.0225 e. The van der Waals surface area contributed by atoms with E-state index in [0.29, 0.717) is 0 Å². The first-order valence-corrected chi connectivity index (χ1v) is 6.31. The van der Waals surface area contributed by atoms with Gasteiger partial charge in [-0.05, 0) is 52.3 Å². The molecule has 0 atom stereocenters. The molecule has 2 N–H and O–H groups in total. The van der Waals surface area contributed by atoms with Crippen LogP contribution in [-0.2, 0) is 6.42 Å². The fraction of sp³-hybridized carbons (Fsp3) is 0.600. The molecule has 0 saturated heterocycles. The molecular formula is C15H26N2. The number of hydrogen-bond acceptors (Lipinski definition) is 2. The van der Waals surface area contributed by atoms with Gasteiger partial charge in [0, 0.05) is 18.6 Å². The van der Waals surface area contributed by atoms with Crippen LogP contribution in [0.5, 0.6) is 0 Å². The summed E-state index contributed by atoms with van der Waals surface area (Å²) < 4.78 is 0. The number of likely N-dealkylation sites (N-methyl/N-ethyl adjacent to an activating group) is 1. The van der Waals surface area contributed by atoms with Gasteiger partial charge in [-0.1, -0.05) is 23.8 Å². The highest BCUT2D eigenvalue weighted by molar-refractivity contribution is 5.30. The van der Waals surface area contributed by atoms with Gasteiger partial charge in [0.05, 0.1) is 0 Å². The van der Waals surface area contributed by atoms with Crippen LogP contribution in [0.1, 0.15) is 30.5 Å². The number of nitrogens with two attached hydrogens (primary N) is 1. The monoisotopic (exact) mass is 234 g/mol. The second-order valence-corrected chi connectivity index (χ2v) is 5.91. The van der Waals surface area contributed by atoms with Gasteiger partial charge in [0.1, 0.15) is 0 Å². The highest BCUT2D eigenvalue weighted by Crippen LogP contribution is 2.12. The van der Waals surface area contributed by atoms with Gasteiger partial charge in [0.25, 0.3) is 0 Å². The van der Waals surface area contributed by atoms with E-state index < -0.39 is 0 Å². The summed E-state index contributed by atoms with van der Waals surface area (Å²) in [5.74, 6) is 0. The molecule has 0 radical (unpaired) electrons. The predicted molar refractivity (Wildman–Crippen MR) is 75.4 cm³/mol. The highest BCUT2D eigenvalue weighted by Gasteiger charge is 2.13. The molecule has 2 heteroatoms. The SMILES string of the molecule is Cc1ccc(C)c(CCN(C)CC(C)(C)N)c1. The topological polar surface area (TPSA) is 29.3 Å². The molecule has 0 heterocycles. The van der Waals surface area contributed by atoms with Crippen LogP contribution in [0.15, 0.2) is 18.2 Å². The standard InChI is InChI=1S/C15H26N2/c1-12-6-7-13(2)14(10-12)8-9-17(5)11-15(3,4)16/h6-7,10H,8-9,11,16H2,1-5H3. The van der Waals surface area contributed by atoms with E-state index in [4.69, 9.17) is 5.73 Å². The van der Waals surface area contributed by atoms with Crippen molar-refractivity contribution < 1.29 is 0 Å². The quantitative estimate of drug-likeness (QED) is 0.848. The second-order valence-electron chi connectivity index (χ2n) is 5.91. The van der Waals surface area contributed by atoms with Gasteiger partial charge in [0.15, 0.2) is 0 Å². The fourth-order valence-corrected chi connectivity index (χ4v) is 2.16. The normalized spacial score (nSPS) is 12.2. The largest absolute Gasteiger partial charge is 0.324 e. The van der Waals surface area contributed by atoms with Crippen molar-refractivity contribution in [1.82, 2.24) is 4.90 Å². The summed E-state index contributed by atoms with van der Waals surface area (Å²) in [6.07, 6.45) is 1.10. The number of hydrogen-bond donors (Lipinski definition) is 1. The molecule has 17 heavy (non-hydrogen) atoms. The minimum absolute atomic E-state index is 0.115. The van der Waals surface area contributed by atoms with Crippen molar-refractivity contribution in [2.75, 3.05) is 20.1 Å². The molecule has 0 saturated carbocycles. The molecule has 1 aromatic rings. The van der Waals surface area contributed by atoms with E-state index in [2.05, 4.69) is 57.8 Å². The molecule has 0 aromatic heterocycles. The van der Waals surface area contributed by atoms with Crippen molar-refractivity contribution in [1.29, 1.82) is 0 Å². The Labute approximate surface area is 106 Å². The highest BCUT2D eigenvalue weighted by atomic mass is 15.1. The van der Waals surface area contributed by atoms with Crippen LogP contribution >= 0.6 is 0 Å². The third-order valence-corrected chi connectivity index (χ3v) is 2.94.